The van der Waals surface area contributed by atoms with Crippen LogP contribution in [0.25, 0.3) is 11.1 Å². The predicted molar refractivity (Wildman–Crippen MR) is 67.3 cm³/mol. The number of halogens is 3. The lowest BCUT2D eigenvalue weighted by Gasteiger charge is -2.14. The van der Waals surface area contributed by atoms with Crippen molar-refractivity contribution in [2.24, 2.45) is 0 Å². The zero-order valence-electron chi connectivity index (χ0n) is 10.4. The number of nitrogens with zero attached hydrogens (tertiary/aromatic N) is 1. The lowest BCUT2D eigenvalue weighted by molar-refractivity contribution is -0.275. The molecule has 0 aliphatic carbocycles. The number of hydrogen-bond acceptors (Lipinski definition) is 4. The average molecular weight is 284 g/mol. The van der Waals surface area contributed by atoms with Crippen LogP contribution in [0.3, 0.4) is 0 Å². The summed E-state index contributed by atoms with van der Waals surface area (Å²) in [6.07, 6.45) is -4.85. The van der Waals surface area contributed by atoms with Gasteiger partial charge in [-0.1, -0.05) is 18.2 Å². The third-order valence-electron chi connectivity index (χ3n) is 2.49. The maximum absolute atomic E-state index is 12.4. The number of nitrogen functional groups attached to an aromatic ring is 1. The Morgan fingerprint density at radius 3 is 2.40 bits per heavy atom. The van der Waals surface area contributed by atoms with Gasteiger partial charge in [0.15, 0.2) is 0 Å². The number of rotatable bonds is 3. The zero-order valence-corrected chi connectivity index (χ0v) is 10.4. The molecule has 7 heteroatoms. The average Bonchev–Trinajstić information content (AvgIpc) is 2.37. The van der Waals surface area contributed by atoms with Crippen molar-refractivity contribution in [1.82, 2.24) is 4.98 Å². The molecule has 2 N–H and O–H groups in total. The van der Waals surface area contributed by atoms with Gasteiger partial charge in [0.1, 0.15) is 11.6 Å². The molecular formula is C13H11F3N2O2. The van der Waals surface area contributed by atoms with Crippen molar-refractivity contribution in [1.29, 1.82) is 0 Å². The largest absolute Gasteiger partial charge is 0.574 e. The number of benzene rings is 1. The summed E-state index contributed by atoms with van der Waals surface area (Å²) in [6, 6.07) is 9.41. The van der Waals surface area contributed by atoms with E-state index < -0.39 is 12.2 Å². The van der Waals surface area contributed by atoms with Crippen molar-refractivity contribution in [3.05, 3.63) is 36.4 Å². The number of anilines is 1. The molecule has 4 nitrogen and oxygen atoms in total. The Kier molecular flexibility index (Phi) is 3.69. The van der Waals surface area contributed by atoms with E-state index in [9.17, 15) is 13.2 Å². The van der Waals surface area contributed by atoms with Crippen LogP contribution >= 0.6 is 0 Å². The lowest BCUT2D eigenvalue weighted by atomic mass is 10.1. The highest BCUT2D eigenvalue weighted by atomic mass is 19.4. The third-order valence-corrected chi connectivity index (χ3v) is 2.49. The van der Waals surface area contributed by atoms with Gasteiger partial charge in [0.2, 0.25) is 5.88 Å². The van der Waals surface area contributed by atoms with Crippen LogP contribution in [-0.2, 0) is 0 Å². The SMILES string of the molecule is COc1ccccc1-c1ccc(N)nc1OC(F)(F)F. The fourth-order valence-electron chi connectivity index (χ4n) is 1.71. The quantitative estimate of drug-likeness (QED) is 0.940. The van der Waals surface area contributed by atoms with E-state index in [1.165, 1.54) is 19.2 Å². The molecule has 0 saturated heterocycles. The second-order valence-electron chi connectivity index (χ2n) is 3.84. The molecule has 0 bridgehead atoms. The Morgan fingerprint density at radius 2 is 1.75 bits per heavy atom. The van der Waals surface area contributed by atoms with E-state index in [0.717, 1.165) is 0 Å². The van der Waals surface area contributed by atoms with E-state index in [0.29, 0.717) is 11.3 Å². The Labute approximate surface area is 113 Å². The molecule has 0 radical (unpaired) electrons. The summed E-state index contributed by atoms with van der Waals surface area (Å²) in [5.74, 6) is -0.268. The zero-order chi connectivity index (χ0) is 14.8. The molecule has 0 aliphatic rings. The van der Waals surface area contributed by atoms with Gasteiger partial charge in [-0.3, -0.25) is 0 Å². The molecular weight excluding hydrogens is 273 g/mol. The molecule has 20 heavy (non-hydrogen) atoms. The van der Waals surface area contributed by atoms with Gasteiger partial charge >= 0.3 is 6.36 Å². The first-order valence-corrected chi connectivity index (χ1v) is 5.56. The van der Waals surface area contributed by atoms with Crippen molar-refractivity contribution in [2.45, 2.75) is 6.36 Å². The van der Waals surface area contributed by atoms with Crippen LogP contribution in [0.15, 0.2) is 36.4 Å². The highest BCUT2D eigenvalue weighted by Gasteiger charge is 2.33. The maximum Gasteiger partial charge on any atom is 0.574 e. The summed E-state index contributed by atoms with van der Waals surface area (Å²) in [6.45, 7) is 0. The molecule has 1 heterocycles. The smallest absolute Gasteiger partial charge is 0.496 e. The maximum atomic E-state index is 12.4. The molecule has 2 aromatic rings. The number of hydrogen-bond donors (Lipinski definition) is 1. The summed E-state index contributed by atoms with van der Waals surface area (Å²) >= 11 is 0. The minimum absolute atomic E-state index is 0.0668. The number of ether oxygens (including phenoxy) is 2. The molecule has 0 amide bonds. The van der Waals surface area contributed by atoms with Crippen LogP contribution in [0, 0.1) is 0 Å². The number of methoxy groups -OCH3 is 1. The Hall–Kier alpha value is -2.44. The molecule has 1 aromatic heterocycles. The van der Waals surface area contributed by atoms with Crippen LogP contribution < -0.4 is 15.2 Å². The van der Waals surface area contributed by atoms with Gasteiger partial charge in [-0.15, -0.1) is 13.2 Å². The van der Waals surface area contributed by atoms with Gasteiger partial charge in [0, 0.05) is 11.1 Å². The molecule has 0 fully saturated rings. The minimum atomic E-state index is -4.85. The number of nitrogens with two attached hydrogens (primary N) is 1. The number of para-hydroxylation sites is 1. The van der Waals surface area contributed by atoms with Crippen LogP contribution in [0.4, 0.5) is 19.0 Å². The predicted octanol–water partition coefficient (Wildman–Crippen LogP) is 3.24. The van der Waals surface area contributed by atoms with Crippen molar-refractivity contribution >= 4 is 5.82 Å². The van der Waals surface area contributed by atoms with Gasteiger partial charge in [0.25, 0.3) is 0 Å². The summed E-state index contributed by atoms with van der Waals surface area (Å²) in [4.78, 5) is 3.59. The number of alkyl halides is 3. The minimum Gasteiger partial charge on any atom is -0.496 e. The summed E-state index contributed by atoms with van der Waals surface area (Å²) in [7, 11) is 1.42. The Morgan fingerprint density at radius 1 is 1.05 bits per heavy atom. The second kappa shape index (κ2) is 5.28. The van der Waals surface area contributed by atoms with Gasteiger partial charge in [-0.05, 0) is 18.2 Å². The first kappa shape index (κ1) is 14.0. The van der Waals surface area contributed by atoms with Crippen molar-refractivity contribution < 1.29 is 22.6 Å². The van der Waals surface area contributed by atoms with Crippen LogP contribution in [0.1, 0.15) is 0 Å². The van der Waals surface area contributed by atoms with Crippen LogP contribution in [-0.4, -0.2) is 18.5 Å². The number of pyridine rings is 1. The monoisotopic (exact) mass is 284 g/mol. The fraction of sp³-hybridized carbons (Fsp3) is 0.154. The van der Waals surface area contributed by atoms with E-state index in [1.54, 1.807) is 24.3 Å². The normalized spacial score (nSPS) is 11.2. The van der Waals surface area contributed by atoms with Gasteiger partial charge in [0.05, 0.1) is 7.11 Å². The van der Waals surface area contributed by atoms with Crippen molar-refractivity contribution in [3.8, 4) is 22.8 Å². The highest BCUT2D eigenvalue weighted by molar-refractivity contribution is 5.75. The van der Waals surface area contributed by atoms with Gasteiger partial charge in [-0.25, -0.2) is 0 Å². The molecule has 0 aliphatic heterocycles. The summed E-state index contributed by atoms with van der Waals surface area (Å²) in [5, 5.41) is 0. The van der Waals surface area contributed by atoms with E-state index in [-0.39, 0.29) is 11.4 Å². The van der Waals surface area contributed by atoms with Gasteiger partial charge in [-0.2, -0.15) is 4.98 Å². The first-order valence-electron chi connectivity index (χ1n) is 5.56. The topological polar surface area (TPSA) is 57.4 Å². The molecule has 1 aromatic carbocycles. The van der Waals surface area contributed by atoms with Gasteiger partial charge < -0.3 is 15.2 Å². The van der Waals surface area contributed by atoms with Crippen molar-refractivity contribution in [3.63, 3.8) is 0 Å². The standard InChI is InChI=1S/C13H11F3N2O2/c1-19-10-5-3-2-4-8(10)9-6-7-11(17)18-12(9)20-13(14,15)16/h2-7H,1H3,(H2,17,18). The van der Waals surface area contributed by atoms with Crippen LogP contribution in [0.2, 0.25) is 0 Å². The molecule has 0 saturated carbocycles. The lowest BCUT2D eigenvalue weighted by Crippen LogP contribution is -2.18. The molecule has 0 unspecified atom stereocenters. The summed E-state index contributed by atoms with van der Waals surface area (Å²) < 4.78 is 46.3. The molecule has 106 valence electrons. The Balaban J connectivity index is 2.56. The van der Waals surface area contributed by atoms with E-state index in [1.807, 2.05) is 0 Å². The van der Waals surface area contributed by atoms with Crippen LogP contribution in [0.5, 0.6) is 11.6 Å². The van der Waals surface area contributed by atoms with E-state index >= 15 is 0 Å². The third kappa shape index (κ3) is 3.11. The fourth-order valence-corrected chi connectivity index (χ4v) is 1.71. The van der Waals surface area contributed by atoms with Crippen molar-refractivity contribution in [2.75, 3.05) is 12.8 Å². The number of aromatic nitrogens is 1. The Bertz CT molecular complexity index is 615. The molecule has 0 spiro atoms. The summed E-state index contributed by atoms with van der Waals surface area (Å²) in [5.41, 5.74) is 5.98. The van der Waals surface area contributed by atoms with E-state index in [2.05, 4.69) is 9.72 Å². The molecule has 2 rings (SSSR count). The van der Waals surface area contributed by atoms with E-state index in [4.69, 9.17) is 10.5 Å². The molecule has 0 atom stereocenters. The first-order chi connectivity index (χ1) is 9.40. The highest BCUT2D eigenvalue weighted by Crippen LogP contribution is 2.37. The second-order valence-corrected chi connectivity index (χ2v) is 3.84.